The number of nitrogens with zero attached hydrogens (tertiary/aromatic N) is 4. The second kappa shape index (κ2) is 11.0. The monoisotopic (exact) mass is 505 g/mol. The molecule has 0 saturated carbocycles. The Bertz CT molecular complexity index is 1630. The number of aromatic nitrogens is 3. The van der Waals surface area contributed by atoms with E-state index in [-0.39, 0.29) is 11.3 Å². The largest absolute Gasteiger partial charge is 0.508 e. The van der Waals surface area contributed by atoms with E-state index in [1.165, 1.54) is 16.5 Å². The third-order valence-corrected chi connectivity index (χ3v) is 6.61. The van der Waals surface area contributed by atoms with Gasteiger partial charge in [0.15, 0.2) is 5.65 Å². The van der Waals surface area contributed by atoms with Gasteiger partial charge in [-0.3, -0.25) is 14.3 Å². The standard InChI is InChI=1S/C31H31N5O2/c1-21-13-22(2)15-24(14-21)27-17-33-30-29(31(38)36(20-34-30)25-9-6-10-26(37)16-25)28(27)19-35(12-11-32)18-23-7-4-3-5-8-23/h3-10,13-17,20,37H,11-12,18-19,32H2,1-2H3. The molecule has 5 aromatic rings. The van der Waals surface area contributed by atoms with Crippen molar-refractivity contribution in [2.24, 2.45) is 5.73 Å². The Morgan fingerprint density at radius 1 is 0.921 bits per heavy atom. The second-order valence-corrected chi connectivity index (χ2v) is 9.65. The quantitative estimate of drug-likeness (QED) is 0.316. The minimum atomic E-state index is -0.235. The van der Waals surface area contributed by atoms with Crippen molar-refractivity contribution < 1.29 is 5.11 Å². The summed E-state index contributed by atoms with van der Waals surface area (Å²) in [4.78, 5) is 25.4. The number of hydrogen-bond donors (Lipinski definition) is 2. The summed E-state index contributed by atoms with van der Waals surface area (Å²) in [5, 5.41) is 10.5. The van der Waals surface area contributed by atoms with Gasteiger partial charge < -0.3 is 10.8 Å². The van der Waals surface area contributed by atoms with Crippen LogP contribution in [-0.2, 0) is 13.1 Å². The lowest BCUT2D eigenvalue weighted by Gasteiger charge is -2.24. The number of phenolic OH excluding ortho intramolecular Hbond substituents is 1. The SMILES string of the molecule is Cc1cc(C)cc(-c2cnc3ncn(-c4cccc(O)c4)c(=O)c3c2CN(CCN)Cc2ccccc2)c1. The van der Waals surface area contributed by atoms with E-state index in [2.05, 4.69) is 59.0 Å². The first-order valence-corrected chi connectivity index (χ1v) is 12.7. The van der Waals surface area contributed by atoms with Gasteiger partial charge in [-0.2, -0.15) is 0 Å². The molecule has 2 heterocycles. The highest BCUT2D eigenvalue weighted by atomic mass is 16.3. The molecule has 7 heteroatoms. The molecule has 3 N–H and O–H groups in total. The number of pyridine rings is 1. The first-order valence-electron chi connectivity index (χ1n) is 12.7. The molecule has 0 saturated heterocycles. The van der Waals surface area contributed by atoms with Crippen LogP contribution in [-0.4, -0.2) is 37.6 Å². The highest BCUT2D eigenvalue weighted by Crippen LogP contribution is 2.30. The van der Waals surface area contributed by atoms with Crippen molar-refractivity contribution >= 4 is 11.0 Å². The van der Waals surface area contributed by atoms with Crippen LogP contribution in [0.4, 0.5) is 0 Å². The van der Waals surface area contributed by atoms with Crippen LogP contribution in [0.25, 0.3) is 27.8 Å². The Labute approximate surface area is 221 Å². The molecule has 192 valence electrons. The Morgan fingerprint density at radius 3 is 2.39 bits per heavy atom. The lowest BCUT2D eigenvalue weighted by Crippen LogP contribution is -2.30. The van der Waals surface area contributed by atoms with E-state index in [0.717, 1.165) is 27.8 Å². The van der Waals surface area contributed by atoms with Gasteiger partial charge in [0.1, 0.15) is 12.1 Å². The summed E-state index contributed by atoms with van der Waals surface area (Å²) in [7, 11) is 0. The van der Waals surface area contributed by atoms with Crippen LogP contribution < -0.4 is 11.3 Å². The molecule has 5 rings (SSSR count). The molecular weight excluding hydrogens is 474 g/mol. The van der Waals surface area contributed by atoms with E-state index < -0.39 is 0 Å². The molecule has 2 aromatic heterocycles. The van der Waals surface area contributed by atoms with E-state index >= 15 is 0 Å². The fourth-order valence-corrected chi connectivity index (χ4v) is 4.98. The van der Waals surface area contributed by atoms with Gasteiger partial charge in [-0.1, -0.05) is 65.7 Å². The molecule has 7 nitrogen and oxygen atoms in total. The Balaban J connectivity index is 1.73. The summed E-state index contributed by atoms with van der Waals surface area (Å²) in [5.74, 6) is 0.0776. The van der Waals surface area contributed by atoms with Crippen LogP contribution in [0.15, 0.2) is 90.1 Å². The minimum Gasteiger partial charge on any atom is -0.508 e. The lowest BCUT2D eigenvalue weighted by atomic mass is 9.96. The maximum absolute atomic E-state index is 14.0. The van der Waals surface area contributed by atoms with E-state index in [4.69, 9.17) is 5.73 Å². The number of rotatable bonds is 8. The number of aryl methyl sites for hydroxylation is 2. The fraction of sp³-hybridized carbons (Fsp3) is 0.194. The number of nitrogens with two attached hydrogens (primary N) is 1. The van der Waals surface area contributed by atoms with E-state index in [1.807, 2.05) is 24.4 Å². The van der Waals surface area contributed by atoms with Gasteiger partial charge in [0.2, 0.25) is 0 Å². The molecule has 0 fully saturated rings. The molecule has 0 unspecified atom stereocenters. The Morgan fingerprint density at radius 2 is 1.68 bits per heavy atom. The maximum atomic E-state index is 14.0. The summed E-state index contributed by atoms with van der Waals surface area (Å²) in [6.07, 6.45) is 3.29. The van der Waals surface area contributed by atoms with Gasteiger partial charge in [-0.15, -0.1) is 0 Å². The highest BCUT2D eigenvalue weighted by molar-refractivity contribution is 5.86. The molecule has 0 amide bonds. The van der Waals surface area contributed by atoms with Gasteiger partial charge in [0.25, 0.3) is 5.56 Å². The molecule has 3 aromatic carbocycles. The molecule has 0 aliphatic heterocycles. The van der Waals surface area contributed by atoms with Crippen LogP contribution >= 0.6 is 0 Å². The molecular formula is C31H31N5O2. The normalized spacial score (nSPS) is 11.4. The molecule has 0 bridgehead atoms. The van der Waals surface area contributed by atoms with Gasteiger partial charge in [-0.05, 0) is 42.7 Å². The number of phenols is 1. The molecule has 0 aliphatic carbocycles. The first-order chi connectivity index (χ1) is 18.4. The van der Waals surface area contributed by atoms with Crippen molar-refractivity contribution in [3.05, 3.63) is 118 Å². The van der Waals surface area contributed by atoms with Crippen LogP contribution in [0.2, 0.25) is 0 Å². The predicted molar refractivity (Wildman–Crippen MR) is 151 cm³/mol. The molecule has 0 spiro atoms. The summed E-state index contributed by atoms with van der Waals surface area (Å²) >= 11 is 0. The Kier molecular flexibility index (Phi) is 7.31. The van der Waals surface area contributed by atoms with Crippen molar-refractivity contribution in [1.82, 2.24) is 19.4 Å². The fourth-order valence-electron chi connectivity index (χ4n) is 4.98. The van der Waals surface area contributed by atoms with Crippen LogP contribution in [0.1, 0.15) is 22.3 Å². The van der Waals surface area contributed by atoms with Gasteiger partial charge in [0.05, 0.1) is 11.1 Å². The minimum absolute atomic E-state index is 0.0776. The van der Waals surface area contributed by atoms with Crippen molar-refractivity contribution in [1.29, 1.82) is 0 Å². The van der Waals surface area contributed by atoms with Gasteiger partial charge in [0, 0.05) is 44.0 Å². The summed E-state index contributed by atoms with van der Waals surface area (Å²) in [5.41, 5.74) is 12.9. The van der Waals surface area contributed by atoms with Gasteiger partial charge >= 0.3 is 0 Å². The average Bonchev–Trinajstić information content (AvgIpc) is 2.89. The van der Waals surface area contributed by atoms with E-state index in [9.17, 15) is 9.90 Å². The van der Waals surface area contributed by atoms with E-state index in [1.54, 1.807) is 24.3 Å². The Hall–Kier alpha value is -4.33. The summed E-state index contributed by atoms with van der Waals surface area (Å²) in [6, 6.07) is 23.2. The lowest BCUT2D eigenvalue weighted by molar-refractivity contribution is 0.265. The molecule has 0 aliphatic rings. The predicted octanol–water partition coefficient (Wildman–Crippen LogP) is 4.73. The molecule has 0 radical (unpaired) electrons. The number of aromatic hydroxyl groups is 1. The zero-order valence-corrected chi connectivity index (χ0v) is 21.6. The van der Waals surface area contributed by atoms with Crippen molar-refractivity contribution in [3.63, 3.8) is 0 Å². The van der Waals surface area contributed by atoms with Crippen molar-refractivity contribution in [2.45, 2.75) is 26.9 Å². The van der Waals surface area contributed by atoms with Crippen LogP contribution in [0.3, 0.4) is 0 Å². The third-order valence-electron chi connectivity index (χ3n) is 6.61. The number of fused-ring (bicyclic) bond motifs is 1. The van der Waals surface area contributed by atoms with Crippen LogP contribution in [0, 0.1) is 13.8 Å². The highest BCUT2D eigenvalue weighted by Gasteiger charge is 2.20. The van der Waals surface area contributed by atoms with E-state index in [0.29, 0.717) is 42.9 Å². The third kappa shape index (κ3) is 5.34. The van der Waals surface area contributed by atoms with Crippen LogP contribution in [0.5, 0.6) is 5.75 Å². The summed E-state index contributed by atoms with van der Waals surface area (Å²) in [6.45, 7) is 6.46. The second-order valence-electron chi connectivity index (χ2n) is 9.65. The number of hydrogen-bond acceptors (Lipinski definition) is 6. The van der Waals surface area contributed by atoms with Crippen molar-refractivity contribution in [3.8, 4) is 22.6 Å². The first kappa shape index (κ1) is 25.3. The zero-order valence-electron chi connectivity index (χ0n) is 21.6. The van der Waals surface area contributed by atoms with Gasteiger partial charge in [-0.25, -0.2) is 9.97 Å². The van der Waals surface area contributed by atoms with Crippen molar-refractivity contribution in [2.75, 3.05) is 13.1 Å². The molecule has 38 heavy (non-hydrogen) atoms. The smallest absolute Gasteiger partial charge is 0.267 e. The summed E-state index contributed by atoms with van der Waals surface area (Å²) < 4.78 is 1.46. The number of benzene rings is 3. The zero-order chi connectivity index (χ0) is 26.6. The molecule has 0 atom stereocenters. The maximum Gasteiger partial charge on any atom is 0.267 e. The average molecular weight is 506 g/mol. The topological polar surface area (TPSA) is 97.3 Å².